The van der Waals surface area contributed by atoms with E-state index in [-0.39, 0.29) is 17.4 Å². The van der Waals surface area contributed by atoms with Crippen LogP contribution in [0.5, 0.6) is 0 Å². The molecule has 0 aliphatic rings. The number of aliphatic carboxylic acids is 1. The minimum Gasteiger partial charge on any atom is -0.480 e. The number of carboxylic acids is 1. The molecule has 2 heterocycles. The predicted molar refractivity (Wildman–Crippen MR) is 94.4 cm³/mol. The lowest BCUT2D eigenvalue weighted by Gasteiger charge is -2.14. The summed E-state index contributed by atoms with van der Waals surface area (Å²) in [5.74, 6) is -1.58. The quantitative estimate of drug-likeness (QED) is 0.572. The van der Waals surface area contributed by atoms with Gasteiger partial charge in [-0.25, -0.2) is 9.37 Å². The van der Waals surface area contributed by atoms with E-state index in [4.69, 9.17) is 0 Å². The van der Waals surface area contributed by atoms with Gasteiger partial charge in [0.1, 0.15) is 17.4 Å². The number of hydrogen-bond donors (Lipinski definition) is 1. The zero-order valence-corrected chi connectivity index (χ0v) is 13.6. The number of nitrogens with zero attached hydrogens (tertiary/aromatic N) is 2. The van der Waals surface area contributed by atoms with E-state index in [1.165, 1.54) is 28.0 Å². The van der Waals surface area contributed by atoms with E-state index in [1.54, 1.807) is 24.4 Å². The number of fused-ring (bicyclic) bond motifs is 2. The maximum Gasteiger partial charge on any atom is 0.323 e. The second kappa shape index (κ2) is 5.78. The van der Waals surface area contributed by atoms with Crippen molar-refractivity contribution in [1.82, 2.24) is 9.55 Å². The van der Waals surface area contributed by atoms with E-state index in [1.807, 2.05) is 5.38 Å². The molecule has 4 rings (SSSR count). The highest BCUT2D eigenvalue weighted by molar-refractivity contribution is 7.13. The fraction of sp³-hybridized carbons (Fsp3) is 0.0556. The summed E-state index contributed by atoms with van der Waals surface area (Å²) in [7, 11) is 0. The second-order valence-corrected chi connectivity index (χ2v) is 6.43. The van der Waals surface area contributed by atoms with Gasteiger partial charge in [-0.3, -0.25) is 9.59 Å². The number of rotatable bonds is 3. The van der Waals surface area contributed by atoms with Gasteiger partial charge in [-0.15, -0.1) is 11.3 Å². The Morgan fingerprint density at radius 1 is 1.16 bits per heavy atom. The summed E-state index contributed by atoms with van der Waals surface area (Å²) in [6.07, 6.45) is 1.68. The molecule has 0 fully saturated rings. The van der Waals surface area contributed by atoms with Gasteiger partial charge in [0.2, 0.25) is 0 Å². The Hall–Kier alpha value is -3.06. The minimum absolute atomic E-state index is 0.163. The molecule has 0 amide bonds. The maximum atomic E-state index is 13.6. The number of carbonyl (C=O) groups is 1. The molecular weight excluding hydrogens is 343 g/mol. The Balaban J connectivity index is 2.14. The van der Waals surface area contributed by atoms with Crippen molar-refractivity contribution in [2.75, 3.05) is 0 Å². The van der Waals surface area contributed by atoms with Crippen molar-refractivity contribution < 1.29 is 14.3 Å². The van der Waals surface area contributed by atoms with Crippen LogP contribution in [0.25, 0.3) is 32.4 Å². The highest BCUT2D eigenvalue weighted by Gasteiger charge is 2.15. The Morgan fingerprint density at radius 2 is 2.00 bits per heavy atom. The van der Waals surface area contributed by atoms with Gasteiger partial charge < -0.3 is 9.67 Å². The molecule has 124 valence electrons. The van der Waals surface area contributed by atoms with Gasteiger partial charge in [0, 0.05) is 27.9 Å². The first-order chi connectivity index (χ1) is 12.0. The highest BCUT2D eigenvalue weighted by Crippen LogP contribution is 2.27. The van der Waals surface area contributed by atoms with Crippen molar-refractivity contribution in [1.29, 1.82) is 0 Å². The molecule has 0 aliphatic heterocycles. The van der Waals surface area contributed by atoms with Crippen LogP contribution in [-0.2, 0) is 11.3 Å². The molecular formula is C18H11FN2O3S. The lowest BCUT2D eigenvalue weighted by molar-refractivity contribution is -0.137. The summed E-state index contributed by atoms with van der Waals surface area (Å²) in [5.41, 5.74) is 1.34. The van der Waals surface area contributed by atoms with Crippen LogP contribution in [0.4, 0.5) is 4.39 Å². The van der Waals surface area contributed by atoms with Gasteiger partial charge in [-0.2, -0.15) is 0 Å². The molecule has 0 saturated heterocycles. The van der Waals surface area contributed by atoms with E-state index in [2.05, 4.69) is 4.98 Å². The molecule has 0 unspecified atom stereocenters. The van der Waals surface area contributed by atoms with Gasteiger partial charge in [-0.05, 0) is 30.3 Å². The third kappa shape index (κ3) is 2.58. The van der Waals surface area contributed by atoms with Crippen LogP contribution in [0.15, 0.2) is 52.8 Å². The van der Waals surface area contributed by atoms with Gasteiger partial charge in [0.25, 0.3) is 0 Å². The zero-order valence-electron chi connectivity index (χ0n) is 12.8. The number of carboxylic acid groups (broad SMARTS) is 1. The van der Waals surface area contributed by atoms with Crippen LogP contribution in [0.2, 0.25) is 0 Å². The second-order valence-electron chi connectivity index (χ2n) is 5.54. The first kappa shape index (κ1) is 15.5. The molecule has 2 aromatic carbocycles. The smallest absolute Gasteiger partial charge is 0.323 e. The molecule has 25 heavy (non-hydrogen) atoms. The SMILES string of the molecule is O=C(O)Cn1c2ccc(F)cc2c(=O)c2ccc(-c3nccs3)cc21. The third-order valence-electron chi connectivity index (χ3n) is 4.00. The Labute approximate surface area is 144 Å². The van der Waals surface area contributed by atoms with E-state index < -0.39 is 11.8 Å². The summed E-state index contributed by atoms with van der Waals surface area (Å²) in [5, 5.41) is 12.4. The van der Waals surface area contributed by atoms with Crippen molar-refractivity contribution in [2.45, 2.75) is 6.54 Å². The molecule has 7 heteroatoms. The number of hydrogen-bond acceptors (Lipinski definition) is 4. The number of benzene rings is 2. The monoisotopic (exact) mass is 354 g/mol. The average Bonchev–Trinajstić information content (AvgIpc) is 3.12. The fourth-order valence-corrected chi connectivity index (χ4v) is 3.59. The molecule has 0 aliphatic carbocycles. The molecule has 1 N–H and O–H groups in total. The summed E-state index contributed by atoms with van der Waals surface area (Å²) in [6, 6.07) is 8.95. The maximum absolute atomic E-state index is 13.6. The number of thiazole rings is 1. The Bertz CT molecular complexity index is 1180. The molecule has 0 saturated carbocycles. The predicted octanol–water partition coefficient (Wildman–Crippen LogP) is 3.50. The van der Waals surface area contributed by atoms with Gasteiger partial charge >= 0.3 is 5.97 Å². The van der Waals surface area contributed by atoms with Crippen LogP contribution in [0.3, 0.4) is 0 Å². The third-order valence-corrected chi connectivity index (χ3v) is 4.82. The molecule has 2 aromatic heterocycles. The van der Waals surface area contributed by atoms with Gasteiger partial charge in [0.05, 0.1) is 11.0 Å². The number of aromatic nitrogens is 2. The topological polar surface area (TPSA) is 72.2 Å². The van der Waals surface area contributed by atoms with E-state index in [0.29, 0.717) is 16.4 Å². The van der Waals surface area contributed by atoms with Gasteiger partial charge in [-0.1, -0.05) is 6.07 Å². The van der Waals surface area contributed by atoms with Crippen LogP contribution in [0.1, 0.15) is 0 Å². The largest absolute Gasteiger partial charge is 0.480 e. The first-order valence-corrected chi connectivity index (χ1v) is 8.30. The highest BCUT2D eigenvalue weighted by atomic mass is 32.1. The van der Waals surface area contributed by atoms with Crippen LogP contribution >= 0.6 is 11.3 Å². The van der Waals surface area contributed by atoms with Crippen molar-refractivity contribution in [3.05, 3.63) is 64.0 Å². The molecule has 4 aromatic rings. The van der Waals surface area contributed by atoms with Crippen molar-refractivity contribution >= 4 is 39.1 Å². The molecule has 0 radical (unpaired) electrons. The first-order valence-electron chi connectivity index (χ1n) is 7.42. The van der Waals surface area contributed by atoms with Crippen LogP contribution in [-0.4, -0.2) is 20.6 Å². The standard InChI is InChI=1S/C18H11FN2O3S/c19-11-2-4-14-13(8-11)17(24)12-3-1-10(18-20-5-6-25-18)7-15(12)21(14)9-16(22)23/h1-8H,9H2,(H,22,23). The molecule has 0 spiro atoms. The number of pyridine rings is 1. The van der Waals surface area contributed by atoms with Crippen LogP contribution in [0, 0.1) is 5.82 Å². The Morgan fingerprint density at radius 3 is 2.72 bits per heavy atom. The van der Waals surface area contributed by atoms with Crippen molar-refractivity contribution in [2.24, 2.45) is 0 Å². The normalized spacial score (nSPS) is 11.2. The Kier molecular flexibility index (Phi) is 3.58. The lowest BCUT2D eigenvalue weighted by atomic mass is 10.1. The molecule has 0 bridgehead atoms. The summed E-state index contributed by atoms with van der Waals surface area (Å²) < 4.78 is 15.1. The van der Waals surface area contributed by atoms with Gasteiger partial charge in [0.15, 0.2) is 5.43 Å². The van der Waals surface area contributed by atoms with E-state index in [9.17, 15) is 19.1 Å². The van der Waals surface area contributed by atoms with Crippen molar-refractivity contribution in [3.63, 3.8) is 0 Å². The zero-order chi connectivity index (χ0) is 17.6. The lowest BCUT2D eigenvalue weighted by Crippen LogP contribution is -2.16. The number of halogens is 1. The van der Waals surface area contributed by atoms with E-state index >= 15 is 0 Å². The summed E-state index contributed by atoms with van der Waals surface area (Å²) in [6.45, 7) is -0.333. The average molecular weight is 354 g/mol. The summed E-state index contributed by atoms with van der Waals surface area (Å²) >= 11 is 1.45. The van der Waals surface area contributed by atoms with Crippen LogP contribution < -0.4 is 5.43 Å². The molecule has 0 atom stereocenters. The minimum atomic E-state index is -1.05. The summed E-state index contributed by atoms with van der Waals surface area (Å²) in [4.78, 5) is 28.3. The van der Waals surface area contributed by atoms with Crippen molar-refractivity contribution in [3.8, 4) is 10.6 Å². The van der Waals surface area contributed by atoms with E-state index in [0.717, 1.165) is 16.6 Å². The fourth-order valence-electron chi connectivity index (χ4n) is 2.95. The molecule has 5 nitrogen and oxygen atoms in total.